The number of para-hydroxylation sites is 2. The fraction of sp³-hybridized carbons (Fsp3) is 0.278. The van der Waals surface area contributed by atoms with Gasteiger partial charge in [0, 0.05) is 33.3 Å². The third kappa shape index (κ3) is 2.70. The van der Waals surface area contributed by atoms with E-state index in [4.69, 9.17) is 0 Å². The van der Waals surface area contributed by atoms with Crippen LogP contribution >= 0.6 is 0 Å². The molecule has 1 N–H and O–H groups in total. The van der Waals surface area contributed by atoms with Gasteiger partial charge in [0.1, 0.15) is 5.82 Å². The first-order valence-corrected chi connectivity index (χ1v) is 7.42. The Balaban J connectivity index is 1.83. The summed E-state index contributed by atoms with van der Waals surface area (Å²) in [6.45, 7) is 0. The highest BCUT2D eigenvalue weighted by molar-refractivity contribution is 5.75. The van der Waals surface area contributed by atoms with Crippen LogP contribution in [0.3, 0.4) is 0 Å². The number of hydrogen-bond acceptors (Lipinski definition) is 3. The third-order valence-electron chi connectivity index (χ3n) is 4.05. The Labute approximate surface area is 130 Å². The van der Waals surface area contributed by atoms with Crippen molar-refractivity contribution in [1.29, 1.82) is 0 Å². The normalized spacial score (nSPS) is 12.5. The number of hydrogen-bond donors (Lipinski definition) is 1. The number of aromatic nitrogens is 2. The number of imidazole rings is 1. The van der Waals surface area contributed by atoms with Crippen LogP contribution in [0.5, 0.6) is 0 Å². The van der Waals surface area contributed by atoms with Crippen LogP contribution in [0.25, 0.3) is 11.0 Å². The molecule has 0 bridgehead atoms. The van der Waals surface area contributed by atoms with E-state index < -0.39 is 6.10 Å². The second kappa shape index (κ2) is 5.81. The van der Waals surface area contributed by atoms with Crippen molar-refractivity contribution in [2.24, 2.45) is 7.05 Å². The molecule has 0 spiro atoms. The van der Waals surface area contributed by atoms with E-state index in [0.717, 1.165) is 28.1 Å². The Bertz CT molecular complexity index is 775. The minimum atomic E-state index is -0.549. The summed E-state index contributed by atoms with van der Waals surface area (Å²) in [5.74, 6) is 0.894. The lowest BCUT2D eigenvalue weighted by atomic mass is 10.1. The van der Waals surface area contributed by atoms with Crippen LogP contribution in [-0.4, -0.2) is 28.8 Å². The zero-order valence-corrected chi connectivity index (χ0v) is 13.2. The van der Waals surface area contributed by atoms with Gasteiger partial charge in [0.05, 0.1) is 17.1 Å². The van der Waals surface area contributed by atoms with Crippen molar-refractivity contribution < 1.29 is 5.11 Å². The number of aliphatic hydroxyl groups is 1. The Hall–Kier alpha value is -2.33. The molecule has 3 aromatic rings. The van der Waals surface area contributed by atoms with Gasteiger partial charge in [-0.3, -0.25) is 0 Å². The molecule has 0 amide bonds. The zero-order chi connectivity index (χ0) is 15.7. The topological polar surface area (TPSA) is 41.3 Å². The SMILES string of the molecule is CN(C)c1ccc([C@H](O)Cc2nc3ccccc3n2C)cc1. The molecule has 114 valence electrons. The maximum atomic E-state index is 10.5. The molecule has 0 aliphatic heterocycles. The minimum Gasteiger partial charge on any atom is -0.388 e. The minimum absolute atomic E-state index is 0.506. The lowest BCUT2D eigenvalue weighted by molar-refractivity contribution is 0.175. The lowest BCUT2D eigenvalue weighted by Crippen LogP contribution is -2.10. The van der Waals surface area contributed by atoms with Crippen molar-refractivity contribution in [2.75, 3.05) is 19.0 Å². The molecule has 0 radical (unpaired) electrons. The second-order valence-electron chi connectivity index (χ2n) is 5.78. The van der Waals surface area contributed by atoms with Crippen LogP contribution in [0.1, 0.15) is 17.5 Å². The molecule has 0 saturated carbocycles. The molecule has 0 unspecified atom stereocenters. The zero-order valence-electron chi connectivity index (χ0n) is 13.2. The van der Waals surface area contributed by atoms with Gasteiger partial charge in [-0.15, -0.1) is 0 Å². The summed E-state index contributed by atoms with van der Waals surface area (Å²) < 4.78 is 2.05. The molecule has 4 nitrogen and oxygen atoms in total. The smallest absolute Gasteiger partial charge is 0.112 e. The molecule has 0 aliphatic carbocycles. The van der Waals surface area contributed by atoms with Gasteiger partial charge in [-0.1, -0.05) is 24.3 Å². The van der Waals surface area contributed by atoms with Gasteiger partial charge in [-0.2, -0.15) is 0 Å². The monoisotopic (exact) mass is 295 g/mol. The van der Waals surface area contributed by atoms with Gasteiger partial charge in [-0.05, 0) is 29.8 Å². The Morgan fingerprint density at radius 3 is 2.41 bits per heavy atom. The highest BCUT2D eigenvalue weighted by atomic mass is 16.3. The van der Waals surface area contributed by atoms with E-state index in [1.54, 1.807) is 0 Å². The predicted octanol–water partition coefficient (Wildman–Crippen LogP) is 2.92. The van der Waals surface area contributed by atoms with Crippen LogP contribution in [0.2, 0.25) is 0 Å². The van der Waals surface area contributed by atoms with Crippen LogP contribution in [0, 0.1) is 0 Å². The first-order valence-electron chi connectivity index (χ1n) is 7.42. The van der Waals surface area contributed by atoms with Crippen molar-refractivity contribution in [1.82, 2.24) is 9.55 Å². The fourth-order valence-electron chi connectivity index (χ4n) is 2.66. The molecule has 1 atom stereocenters. The van der Waals surface area contributed by atoms with E-state index in [1.165, 1.54) is 0 Å². The number of rotatable bonds is 4. The van der Waals surface area contributed by atoms with Crippen molar-refractivity contribution in [3.05, 3.63) is 59.9 Å². The van der Waals surface area contributed by atoms with Crippen molar-refractivity contribution >= 4 is 16.7 Å². The van der Waals surface area contributed by atoms with Crippen molar-refractivity contribution in [3.63, 3.8) is 0 Å². The molecule has 4 heteroatoms. The Morgan fingerprint density at radius 1 is 1.09 bits per heavy atom. The quantitative estimate of drug-likeness (QED) is 0.804. The van der Waals surface area contributed by atoms with Crippen molar-refractivity contribution in [3.8, 4) is 0 Å². The predicted molar refractivity (Wildman–Crippen MR) is 90.1 cm³/mol. The molecule has 0 fully saturated rings. The molecule has 0 aliphatic rings. The van der Waals surface area contributed by atoms with Gasteiger partial charge < -0.3 is 14.6 Å². The number of benzene rings is 2. The summed E-state index contributed by atoms with van der Waals surface area (Å²) in [6, 6.07) is 16.0. The third-order valence-corrected chi connectivity index (χ3v) is 4.05. The summed E-state index contributed by atoms with van der Waals surface area (Å²) in [5.41, 5.74) is 4.10. The molecular formula is C18H21N3O. The van der Waals surface area contributed by atoms with E-state index in [0.29, 0.717) is 6.42 Å². The van der Waals surface area contributed by atoms with E-state index in [2.05, 4.69) is 4.98 Å². The average molecular weight is 295 g/mol. The summed E-state index contributed by atoms with van der Waals surface area (Å²) in [7, 11) is 6.00. The lowest BCUT2D eigenvalue weighted by Gasteiger charge is -2.15. The maximum absolute atomic E-state index is 10.5. The average Bonchev–Trinajstić information content (AvgIpc) is 2.84. The number of nitrogens with zero attached hydrogens (tertiary/aromatic N) is 3. The molecule has 0 saturated heterocycles. The van der Waals surface area contributed by atoms with E-state index >= 15 is 0 Å². The van der Waals surface area contributed by atoms with E-state index in [-0.39, 0.29) is 0 Å². The van der Waals surface area contributed by atoms with Gasteiger partial charge in [0.2, 0.25) is 0 Å². The standard InChI is InChI=1S/C18H21N3O/c1-20(2)14-10-8-13(9-11-14)17(22)12-18-19-15-6-4-5-7-16(15)21(18)3/h4-11,17,22H,12H2,1-3H3/t17-/m1/s1. The fourth-order valence-corrected chi connectivity index (χ4v) is 2.66. The maximum Gasteiger partial charge on any atom is 0.112 e. The van der Waals surface area contributed by atoms with E-state index in [9.17, 15) is 5.11 Å². The molecule has 3 rings (SSSR count). The molecule has 1 heterocycles. The molecule has 1 aromatic heterocycles. The number of anilines is 1. The molecule has 2 aromatic carbocycles. The molecule has 22 heavy (non-hydrogen) atoms. The van der Waals surface area contributed by atoms with Gasteiger partial charge >= 0.3 is 0 Å². The number of aryl methyl sites for hydroxylation is 1. The second-order valence-corrected chi connectivity index (χ2v) is 5.78. The van der Waals surface area contributed by atoms with Crippen molar-refractivity contribution in [2.45, 2.75) is 12.5 Å². The summed E-state index contributed by atoms with van der Waals surface area (Å²) in [6.07, 6.45) is -0.0429. The Morgan fingerprint density at radius 2 is 1.77 bits per heavy atom. The first kappa shape index (κ1) is 14.6. The summed E-state index contributed by atoms with van der Waals surface area (Å²) in [5, 5.41) is 10.5. The summed E-state index contributed by atoms with van der Waals surface area (Å²) >= 11 is 0. The summed E-state index contributed by atoms with van der Waals surface area (Å²) in [4.78, 5) is 6.66. The van der Waals surface area contributed by atoms with Crippen LogP contribution in [0.4, 0.5) is 5.69 Å². The largest absolute Gasteiger partial charge is 0.388 e. The van der Waals surface area contributed by atoms with Crippen LogP contribution in [0.15, 0.2) is 48.5 Å². The van der Waals surface area contributed by atoms with E-state index in [1.807, 2.05) is 79.1 Å². The first-order chi connectivity index (χ1) is 10.6. The number of aliphatic hydroxyl groups excluding tert-OH is 1. The van der Waals surface area contributed by atoms with Gasteiger partial charge in [0.25, 0.3) is 0 Å². The van der Waals surface area contributed by atoms with Crippen LogP contribution in [-0.2, 0) is 13.5 Å². The van der Waals surface area contributed by atoms with Crippen LogP contribution < -0.4 is 4.90 Å². The number of fused-ring (bicyclic) bond motifs is 1. The highest BCUT2D eigenvalue weighted by Crippen LogP contribution is 2.23. The molecular weight excluding hydrogens is 274 g/mol. The Kier molecular flexibility index (Phi) is 3.86. The highest BCUT2D eigenvalue weighted by Gasteiger charge is 2.14. The van der Waals surface area contributed by atoms with Gasteiger partial charge in [0.15, 0.2) is 0 Å². The van der Waals surface area contributed by atoms with Gasteiger partial charge in [-0.25, -0.2) is 4.98 Å².